The zero-order chi connectivity index (χ0) is 13.8. The fraction of sp³-hybridized carbons (Fsp3) is 0. The van der Waals surface area contributed by atoms with Gasteiger partial charge in [0.2, 0.25) is 0 Å². The smallest absolute Gasteiger partial charge is 0.337 e. The predicted octanol–water partition coefficient (Wildman–Crippen LogP) is 3.46. The van der Waals surface area contributed by atoms with E-state index in [2.05, 4.69) is 11.1 Å². The monoisotopic (exact) mass is 290 g/mol. The highest BCUT2D eigenvalue weighted by molar-refractivity contribution is 7.99. The molecule has 0 amide bonds. The zero-order valence-corrected chi connectivity index (χ0v) is 11.1. The third-order valence-electron chi connectivity index (χ3n) is 2.26. The Morgan fingerprint density at radius 1 is 1.37 bits per heavy atom. The second-order valence-electron chi connectivity index (χ2n) is 3.54. The lowest BCUT2D eigenvalue weighted by Crippen LogP contribution is -1.96. The number of benzene rings is 1. The SMILES string of the molecule is N#Cc1ccc(Cl)cc1Sc1ccc(C(=O)O)cn1. The Bertz CT molecular complexity index is 665. The molecule has 0 saturated carbocycles. The van der Waals surface area contributed by atoms with Crippen molar-refractivity contribution in [3.63, 3.8) is 0 Å². The Balaban J connectivity index is 2.28. The van der Waals surface area contributed by atoms with Crippen LogP contribution >= 0.6 is 23.4 Å². The Hall–Kier alpha value is -2.03. The van der Waals surface area contributed by atoms with Crippen LogP contribution in [0.2, 0.25) is 5.02 Å². The summed E-state index contributed by atoms with van der Waals surface area (Å²) in [7, 11) is 0. The van der Waals surface area contributed by atoms with E-state index in [1.165, 1.54) is 24.0 Å². The van der Waals surface area contributed by atoms with Crippen molar-refractivity contribution in [1.29, 1.82) is 5.26 Å². The standard InChI is InChI=1S/C13H7ClN2O2S/c14-10-3-1-8(6-15)11(5-10)19-12-4-2-9(7-16-12)13(17)18/h1-5,7H,(H,17,18). The summed E-state index contributed by atoms with van der Waals surface area (Å²) in [6.07, 6.45) is 1.28. The van der Waals surface area contributed by atoms with E-state index < -0.39 is 5.97 Å². The van der Waals surface area contributed by atoms with E-state index in [9.17, 15) is 4.79 Å². The number of rotatable bonds is 3. The second-order valence-corrected chi connectivity index (χ2v) is 5.04. The van der Waals surface area contributed by atoms with Gasteiger partial charge in [-0.3, -0.25) is 0 Å². The van der Waals surface area contributed by atoms with E-state index in [-0.39, 0.29) is 5.56 Å². The molecule has 0 unspecified atom stereocenters. The van der Waals surface area contributed by atoms with Crippen molar-refractivity contribution in [1.82, 2.24) is 4.98 Å². The Kier molecular flexibility index (Phi) is 4.05. The molecule has 2 aromatic rings. The molecule has 2 rings (SSSR count). The number of aromatic nitrogens is 1. The summed E-state index contributed by atoms with van der Waals surface area (Å²) in [5.41, 5.74) is 0.620. The fourth-order valence-corrected chi connectivity index (χ4v) is 2.47. The van der Waals surface area contributed by atoms with Crippen molar-refractivity contribution in [3.05, 3.63) is 52.7 Å². The number of carboxylic acid groups (broad SMARTS) is 1. The normalized spacial score (nSPS) is 9.89. The quantitative estimate of drug-likeness (QED) is 0.937. The molecule has 1 heterocycles. The lowest BCUT2D eigenvalue weighted by Gasteiger charge is -2.04. The van der Waals surface area contributed by atoms with E-state index in [1.807, 2.05) is 0 Å². The molecule has 94 valence electrons. The first-order valence-corrected chi connectivity index (χ1v) is 6.36. The molecule has 0 bridgehead atoms. The number of aromatic carboxylic acids is 1. The maximum absolute atomic E-state index is 10.7. The molecule has 0 spiro atoms. The van der Waals surface area contributed by atoms with E-state index >= 15 is 0 Å². The zero-order valence-electron chi connectivity index (χ0n) is 9.50. The van der Waals surface area contributed by atoms with E-state index in [1.54, 1.807) is 24.3 Å². The summed E-state index contributed by atoms with van der Waals surface area (Å²) in [4.78, 5) is 15.4. The molecule has 0 aliphatic heterocycles. The van der Waals surface area contributed by atoms with Gasteiger partial charge in [-0.05, 0) is 30.3 Å². The minimum absolute atomic E-state index is 0.121. The van der Waals surface area contributed by atoms with Gasteiger partial charge >= 0.3 is 5.97 Å². The van der Waals surface area contributed by atoms with Gasteiger partial charge in [0.25, 0.3) is 0 Å². The topological polar surface area (TPSA) is 74.0 Å². The number of carboxylic acids is 1. The number of nitrogens with zero attached hydrogens (tertiary/aromatic N) is 2. The summed E-state index contributed by atoms with van der Waals surface area (Å²) >= 11 is 7.15. The summed E-state index contributed by atoms with van der Waals surface area (Å²) in [6.45, 7) is 0. The predicted molar refractivity (Wildman–Crippen MR) is 71.5 cm³/mol. The summed E-state index contributed by atoms with van der Waals surface area (Å²) in [5, 5.41) is 18.9. The van der Waals surface area contributed by atoms with Crippen LogP contribution in [0.5, 0.6) is 0 Å². The summed E-state index contributed by atoms with van der Waals surface area (Å²) in [5.74, 6) is -1.02. The average Bonchev–Trinajstić information content (AvgIpc) is 2.39. The van der Waals surface area contributed by atoms with Crippen LogP contribution in [0, 0.1) is 11.3 Å². The van der Waals surface area contributed by atoms with Crippen LogP contribution in [0.3, 0.4) is 0 Å². The van der Waals surface area contributed by atoms with Crippen LogP contribution in [0.4, 0.5) is 0 Å². The highest BCUT2D eigenvalue weighted by Crippen LogP contribution is 2.31. The average molecular weight is 291 g/mol. The van der Waals surface area contributed by atoms with Crippen molar-refractivity contribution in [2.45, 2.75) is 9.92 Å². The fourth-order valence-electron chi connectivity index (χ4n) is 1.35. The van der Waals surface area contributed by atoms with Gasteiger partial charge in [-0.1, -0.05) is 23.4 Å². The molecule has 0 atom stereocenters. The highest BCUT2D eigenvalue weighted by atomic mass is 35.5. The van der Waals surface area contributed by atoms with Gasteiger partial charge < -0.3 is 5.11 Å². The molecule has 1 aromatic heterocycles. The van der Waals surface area contributed by atoms with Crippen LogP contribution in [-0.2, 0) is 0 Å². The van der Waals surface area contributed by atoms with Crippen molar-refractivity contribution in [3.8, 4) is 6.07 Å². The number of hydrogen-bond donors (Lipinski definition) is 1. The van der Waals surface area contributed by atoms with Crippen molar-refractivity contribution in [2.75, 3.05) is 0 Å². The number of carbonyl (C=O) groups is 1. The van der Waals surface area contributed by atoms with Gasteiger partial charge in [0, 0.05) is 16.1 Å². The number of halogens is 1. The van der Waals surface area contributed by atoms with Crippen LogP contribution in [-0.4, -0.2) is 16.1 Å². The molecule has 0 radical (unpaired) electrons. The Morgan fingerprint density at radius 3 is 2.74 bits per heavy atom. The van der Waals surface area contributed by atoms with E-state index in [0.717, 1.165) is 0 Å². The molecule has 6 heteroatoms. The molecule has 0 saturated heterocycles. The lowest BCUT2D eigenvalue weighted by molar-refractivity contribution is 0.0696. The minimum Gasteiger partial charge on any atom is -0.478 e. The van der Waals surface area contributed by atoms with Crippen LogP contribution in [0.25, 0.3) is 0 Å². The van der Waals surface area contributed by atoms with Gasteiger partial charge in [-0.25, -0.2) is 9.78 Å². The van der Waals surface area contributed by atoms with Gasteiger partial charge in [0.15, 0.2) is 0 Å². The van der Waals surface area contributed by atoms with Gasteiger partial charge in [-0.2, -0.15) is 5.26 Å². The van der Waals surface area contributed by atoms with Crippen LogP contribution in [0.1, 0.15) is 15.9 Å². The van der Waals surface area contributed by atoms with Crippen molar-refractivity contribution < 1.29 is 9.90 Å². The maximum Gasteiger partial charge on any atom is 0.337 e. The van der Waals surface area contributed by atoms with Crippen LogP contribution < -0.4 is 0 Å². The molecule has 19 heavy (non-hydrogen) atoms. The van der Waals surface area contributed by atoms with Crippen molar-refractivity contribution >= 4 is 29.3 Å². The number of hydrogen-bond acceptors (Lipinski definition) is 4. The third-order valence-corrected chi connectivity index (χ3v) is 3.51. The summed E-state index contributed by atoms with van der Waals surface area (Å²) in [6, 6.07) is 10.1. The first-order valence-electron chi connectivity index (χ1n) is 5.17. The third kappa shape index (κ3) is 3.25. The maximum atomic E-state index is 10.7. The molecule has 1 aromatic carbocycles. The number of pyridine rings is 1. The molecular formula is C13H7ClN2O2S. The first-order chi connectivity index (χ1) is 9.10. The Morgan fingerprint density at radius 2 is 2.16 bits per heavy atom. The lowest BCUT2D eigenvalue weighted by atomic mass is 10.2. The van der Waals surface area contributed by atoms with E-state index in [0.29, 0.717) is 20.5 Å². The highest BCUT2D eigenvalue weighted by Gasteiger charge is 2.08. The molecule has 1 N–H and O–H groups in total. The molecule has 0 aliphatic rings. The summed E-state index contributed by atoms with van der Waals surface area (Å²) < 4.78 is 0. The van der Waals surface area contributed by atoms with Gasteiger partial charge in [0.05, 0.1) is 11.1 Å². The molecule has 4 nitrogen and oxygen atoms in total. The second kappa shape index (κ2) is 5.74. The number of nitriles is 1. The molecule has 0 aliphatic carbocycles. The van der Waals surface area contributed by atoms with Gasteiger partial charge in [0.1, 0.15) is 11.1 Å². The van der Waals surface area contributed by atoms with Crippen molar-refractivity contribution in [2.24, 2.45) is 0 Å². The van der Waals surface area contributed by atoms with Gasteiger partial charge in [-0.15, -0.1) is 0 Å². The first kappa shape index (κ1) is 13.4. The van der Waals surface area contributed by atoms with Crippen LogP contribution in [0.15, 0.2) is 46.5 Å². The minimum atomic E-state index is -1.02. The largest absolute Gasteiger partial charge is 0.478 e. The molecule has 0 fully saturated rings. The van der Waals surface area contributed by atoms with E-state index in [4.69, 9.17) is 22.0 Å². The molecular weight excluding hydrogens is 284 g/mol. The Labute approximate surface area is 118 Å².